The molecular weight excluding hydrogens is 440 g/mol. The van der Waals surface area contributed by atoms with Crippen molar-refractivity contribution in [2.24, 2.45) is 0 Å². The number of methoxy groups -OCH3 is 1. The van der Waals surface area contributed by atoms with Crippen LogP contribution in [0.1, 0.15) is 42.3 Å². The Balaban J connectivity index is 1.82. The van der Waals surface area contributed by atoms with Crippen molar-refractivity contribution in [1.29, 1.82) is 0 Å². The molecule has 0 fully saturated rings. The zero-order valence-electron chi connectivity index (χ0n) is 19.2. The normalized spacial score (nSPS) is 10.5. The molecule has 0 saturated heterocycles. The second kappa shape index (κ2) is 10.3. The lowest BCUT2D eigenvalue weighted by Gasteiger charge is -2.09. The van der Waals surface area contributed by atoms with Crippen molar-refractivity contribution in [2.75, 3.05) is 24.4 Å². The van der Waals surface area contributed by atoms with Gasteiger partial charge < -0.3 is 20.1 Å². The van der Waals surface area contributed by atoms with Gasteiger partial charge in [0.1, 0.15) is 10.8 Å². The predicted octanol–water partition coefficient (Wildman–Crippen LogP) is 5.04. The number of thiophene rings is 1. The molecule has 2 N–H and O–H groups in total. The average molecular weight is 467 g/mol. The fourth-order valence-electron chi connectivity index (χ4n) is 3.24. The molecule has 0 aliphatic carbocycles. The lowest BCUT2D eigenvalue weighted by molar-refractivity contribution is -0.118. The Hall–Kier alpha value is -3.65. The topological polar surface area (TPSA) is 93.7 Å². The Labute approximate surface area is 196 Å². The Kier molecular flexibility index (Phi) is 7.50. The third kappa shape index (κ3) is 5.59. The van der Waals surface area contributed by atoms with Crippen LogP contribution in [0.2, 0.25) is 0 Å². The summed E-state index contributed by atoms with van der Waals surface area (Å²) >= 11 is 1.02. The molecule has 1 heterocycles. The standard InChI is InChI=1S/C25H26N2O5S/c1-14-10-11-15(2)18(12-14)26-23(29)22-17(4)21(25(30)31-5)24(33-22)27-20(28)13-32-19-9-7-6-8-16(19)3/h6-12H,13H2,1-5H3,(H,26,29)(H,27,28). The fourth-order valence-corrected chi connectivity index (χ4v) is 4.35. The van der Waals surface area contributed by atoms with Gasteiger partial charge in [-0.3, -0.25) is 9.59 Å². The highest BCUT2D eigenvalue weighted by atomic mass is 32.1. The molecule has 172 valence electrons. The number of aryl methyl sites for hydroxylation is 3. The molecule has 0 aliphatic rings. The Bertz CT molecular complexity index is 1220. The number of anilines is 2. The minimum atomic E-state index is -0.635. The van der Waals surface area contributed by atoms with E-state index < -0.39 is 11.9 Å². The van der Waals surface area contributed by atoms with Gasteiger partial charge in [-0.2, -0.15) is 0 Å². The fraction of sp³-hybridized carbons (Fsp3) is 0.240. The summed E-state index contributed by atoms with van der Waals surface area (Å²) in [6, 6.07) is 13.1. The van der Waals surface area contributed by atoms with Gasteiger partial charge in [0.05, 0.1) is 17.6 Å². The molecule has 3 rings (SSSR count). The van der Waals surface area contributed by atoms with Crippen LogP contribution in [0.25, 0.3) is 0 Å². The van der Waals surface area contributed by atoms with E-state index in [1.54, 1.807) is 13.0 Å². The largest absolute Gasteiger partial charge is 0.483 e. The van der Waals surface area contributed by atoms with E-state index in [9.17, 15) is 14.4 Å². The molecular formula is C25H26N2O5S. The van der Waals surface area contributed by atoms with Crippen molar-refractivity contribution in [3.8, 4) is 5.75 Å². The highest BCUT2D eigenvalue weighted by molar-refractivity contribution is 7.19. The number of ether oxygens (including phenoxy) is 2. The summed E-state index contributed by atoms with van der Waals surface area (Å²) < 4.78 is 10.5. The summed E-state index contributed by atoms with van der Waals surface area (Å²) in [5.74, 6) is -0.861. The van der Waals surface area contributed by atoms with Crippen molar-refractivity contribution in [1.82, 2.24) is 0 Å². The molecule has 33 heavy (non-hydrogen) atoms. The maximum atomic E-state index is 13.0. The van der Waals surface area contributed by atoms with Gasteiger partial charge in [0.15, 0.2) is 6.61 Å². The van der Waals surface area contributed by atoms with E-state index in [2.05, 4.69) is 10.6 Å². The number of nitrogens with one attached hydrogen (secondary N) is 2. The number of esters is 1. The minimum absolute atomic E-state index is 0.151. The van der Waals surface area contributed by atoms with Crippen LogP contribution < -0.4 is 15.4 Å². The molecule has 7 nitrogen and oxygen atoms in total. The number of hydrogen-bond donors (Lipinski definition) is 2. The molecule has 0 radical (unpaired) electrons. The number of amides is 2. The molecule has 1 aromatic heterocycles. The van der Waals surface area contributed by atoms with E-state index in [4.69, 9.17) is 9.47 Å². The van der Waals surface area contributed by atoms with Crippen molar-refractivity contribution in [3.05, 3.63) is 75.2 Å². The maximum Gasteiger partial charge on any atom is 0.341 e. The van der Waals surface area contributed by atoms with Gasteiger partial charge in [-0.15, -0.1) is 11.3 Å². The molecule has 0 aliphatic heterocycles. The first kappa shape index (κ1) is 24.0. The zero-order chi connectivity index (χ0) is 24.1. The molecule has 0 atom stereocenters. The number of carbonyl (C=O) groups is 3. The van der Waals surface area contributed by atoms with Gasteiger partial charge in [0.2, 0.25) is 0 Å². The number of hydrogen-bond acceptors (Lipinski definition) is 6. The SMILES string of the molecule is COC(=O)c1c(NC(=O)COc2ccccc2C)sc(C(=O)Nc2cc(C)ccc2C)c1C. The number of para-hydroxylation sites is 1. The summed E-state index contributed by atoms with van der Waals surface area (Å²) in [6.45, 7) is 7.13. The third-order valence-electron chi connectivity index (χ3n) is 5.09. The molecule has 0 spiro atoms. The molecule has 8 heteroatoms. The second-order valence-corrected chi connectivity index (χ2v) is 8.65. The first-order valence-corrected chi connectivity index (χ1v) is 11.1. The van der Waals surface area contributed by atoms with Gasteiger partial charge in [-0.1, -0.05) is 30.3 Å². The van der Waals surface area contributed by atoms with Crippen LogP contribution in [0.4, 0.5) is 10.7 Å². The summed E-state index contributed by atoms with van der Waals surface area (Å²) in [4.78, 5) is 38.3. The lowest BCUT2D eigenvalue weighted by atomic mass is 10.1. The highest BCUT2D eigenvalue weighted by Gasteiger charge is 2.26. The molecule has 3 aromatic rings. The van der Waals surface area contributed by atoms with E-state index in [1.807, 2.05) is 57.2 Å². The van der Waals surface area contributed by atoms with E-state index >= 15 is 0 Å². The summed E-state index contributed by atoms with van der Waals surface area (Å²) in [7, 11) is 1.25. The van der Waals surface area contributed by atoms with E-state index in [-0.39, 0.29) is 23.1 Å². The third-order valence-corrected chi connectivity index (χ3v) is 6.30. The first-order valence-electron chi connectivity index (χ1n) is 10.3. The Morgan fingerprint density at radius 1 is 0.939 bits per heavy atom. The molecule has 0 saturated carbocycles. The van der Waals surface area contributed by atoms with Crippen LogP contribution in [0, 0.1) is 27.7 Å². The molecule has 0 bridgehead atoms. The van der Waals surface area contributed by atoms with Crippen molar-refractivity contribution in [3.63, 3.8) is 0 Å². The average Bonchev–Trinajstić information content (AvgIpc) is 3.10. The number of rotatable bonds is 7. The Morgan fingerprint density at radius 3 is 2.36 bits per heavy atom. The van der Waals surface area contributed by atoms with Gasteiger partial charge in [-0.25, -0.2) is 4.79 Å². The van der Waals surface area contributed by atoms with Gasteiger partial charge in [-0.05, 0) is 62.1 Å². The van der Waals surface area contributed by atoms with Crippen LogP contribution in [0.3, 0.4) is 0 Å². The smallest absolute Gasteiger partial charge is 0.341 e. The quantitative estimate of drug-likeness (QED) is 0.476. The monoisotopic (exact) mass is 466 g/mol. The van der Waals surface area contributed by atoms with E-state index in [0.717, 1.165) is 28.0 Å². The zero-order valence-corrected chi connectivity index (χ0v) is 20.0. The van der Waals surface area contributed by atoms with Crippen molar-refractivity contribution < 1.29 is 23.9 Å². The van der Waals surface area contributed by atoms with Crippen LogP contribution >= 0.6 is 11.3 Å². The summed E-state index contributed by atoms with van der Waals surface area (Å²) in [5.41, 5.74) is 4.10. The summed E-state index contributed by atoms with van der Waals surface area (Å²) in [6.07, 6.45) is 0. The van der Waals surface area contributed by atoms with Crippen LogP contribution in [-0.4, -0.2) is 31.5 Å². The Morgan fingerprint density at radius 2 is 1.67 bits per heavy atom. The number of benzene rings is 2. The van der Waals surface area contributed by atoms with Crippen LogP contribution in [0.5, 0.6) is 5.75 Å². The predicted molar refractivity (Wildman–Crippen MR) is 130 cm³/mol. The lowest BCUT2D eigenvalue weighted by Crippen LogP contribution is -2.21. The van der Waals surface area contributed by atoms with Crippen LogP contribution in [0.15, 0.2) is 42.5 Å². The van der Waals surface area contributed by atoms with E-state index in [0.29, 0.717) is 21.9 Å². The van der Waals surface area contributed by atoms with Crippen molar-refractivity contribution in [2.45, 2.75) is 27.7 Å². The molecule has 0 unspecified atom stereocenters. The van der Waals surface area contributed by atoms with Crippen molar-refractivity contribution >= 4 is 39.8 Å². The van der Waals surface area contributed by atoms with Gasteiger partial charge in [0, 0.05) is 5.69 Å². The molecule has 2 aromatic carbocycles. The summed E-state index contributed by atoms with van der Waals surface area (Å²) in [5, 5.41) is 5.82. The maximum absolute atomic E-state index is 13.0. The first-order chi connectivity index (χ1) is 15.7. The number of carbonyl (C=O) groups excluding carboxylic acids is 3. The van der Waals surface area contributed by atoms with Crippen LogP contribution in [-0.2, 0) is 9.53 Å². The second-order valence-electron chi connectivity index (χ2n) is 7.63. The highest BCUT2D eigenvalue weighted by Crippen LogP contribution is 2.34. The minimum Gasteiger partial charge on any atom is -0.483 e. The van der Waals surface area contributed by atoms with Gasteiger partial charge >= 0.3 is 5.97 Å². The van der Waals surface area contributed by atoms with E-state index in [1.165, 1.54) is 7.11 Å². The molecule has 2 amide bonds. The van der Waals surface area contributed by atoms with Gasteiger partial charge in [0.25, 0.3) is 11.8 Å².